The van der Waals surface area contributed by atoms with Gasteiger partial charge in [-0.15, -0.1) is 5.10 Å². The number of ether oxygens (including phenoxy) is 2. The van der Waals surface area contributed by atoms with Crippen molar-refractivity contribution in [3.05, 3.63) is 60.2 Å². The molecule has 7 heteroatoms. The maximum Gasteiger partial charge on any atom is 0.273 e. The molecule has 0 spiro atoms. The van der Waals surface area contributed by atoms with E-state index in [9.17, 15) is 4.79 Å². The molecule has 0 N–H and O–H groups in total. The molecule has 0 amide bonds. The Morgan fingerprint density at radius 2 is 1.81 bits per heavy atom. The molecule has 1 aromatic heterocycles. The first-order chi connectivity index (χ1) is 13.2. The van der Waals surface area contributed by atoms with Gasteiger partial charge < -0.3 is 9.47 Å². The number of carbonyl (C=O) groups excluding carboxylic acids is 1. The molecule has 3 aromatic rings. The smallest absolute Gasteiger partial charge is 0.273 e. The molecule has 0 bridgehead atoms. The lowest BCUT2D eigenvalue weighted by molar-refractivity contribution is 0.0944. The topological polar surface area (TPSA) is 66.2 Å². The van der Waals surface area contributed by atoms with Crippen molar-refractivity contribution in [2.45, 2.75) is 5.16 Å². The molecular weight excluding hydrogens is 362 g/mol. The molecule has 2 aromatic carbocycles. The number of benzene rings is 2. The monoisotopic (exact) mass is 381 g/mol. The number of para-hydroxylation sites is 1. The van der Waals surface area contributed by atoms with Crippen molar-refractivity contribution in [3.63, 3.8) is 0 Å². The maximum absolute atomic E-state index is 12.6. The molecule has 0 saturated carbocycles. The van der Waals surface area contributed by atoms with Crippen LogP contribution in [0.3, 0.4) is 0 Å². The van der Waals surface area contributed by atoms with Gasteiger partial charge in [0.15, 0.2) is 11.0 Å². The number of rotatable bonds is 6. The van der Waals surface area contributed by atoms with Crippen molar-refractivity contribution in [1.82, 2.24) is 14.8 Å². The van der Waals surface area contributed by atoms with E-state index in [1.54, 1.807) is 20.3 Å². The Morgan fingerprint density at radius 1 is 1.07 bits per heavy atom. The number of thioether (sulfide) groups is 1. The van der Waals surface area contributed by atoms with Crippen LogP contribution >= 0.6 is 11.8 Å². The van der Waals surface area contributed by atoms with Gasteiger partial charge >= 0.3 is 0 Å². The van der Waals surface area contributed by atoms with Crippen molar-refractivity contribution in [3.8, 4) is 22.9 Å². The molecule has 0 radical (unpaired) electrons. The highest BCUT2D eigenvalue weighted by Crippen LogP contribution is 2.23. The lowest BCUT2D eigenvalue weighted by Crippen LogP contribution is -2.10. The van der Waals surface area contributed by atoms with Crippen molar-refractivity contribution in [2.75, 3.05) is 20.5 Å². The third-order valence-electron chi connectivity index (χ3n) is 3.86. The van der Waals surface area contributed by atoms with Crippen molar-refractivity contribution < 1.29 is 14.3 Å². The minimum atomic E-state index is -0.280. The van der Waals surface area contributed by atoms with Crippen LogP contribution in [0.25, 0.3) is 17.5 Å². The molecule has 1 heterocycles. The average molecular weight is 381 g/mol. The Hall–Kier alpha value is -3.06. The van der Waals surface area contributed by atoms with Crippen LogP contribution in [0.15, 0.2) is 59.8 Å². The van der Waals surface area contributed by atoms with Crippen molar-refractivity contribution >= 4 is 23.7 Å². The van der Waals surface area contributed by atoms with Gasteiger partial charge in [0.1, 0.15) is 11.5 Å². The number of hydrogen-bond donors (Lipinski definition) is 0. The maximum atomic E-state index is 12.6. The van der Waals surface area contributed by atoms with E-state index in [0.29, 0.717) is 16.7 Å². The summed E-state index contributed by atoms with van der Waals surface area (Å²) in [6.45, 7) is 0. The van der Waals surface area contributed by atoms with E-state index in [2.05, 4.69) is 10.1 Å². The summed E-state index contributed by atoms with van der Waals surface area (Å²) < 4.78 is 11.8. The number of carbonyl (C=O) groups is 1. The lowest BCUT2D eigenvalue weighted by Gasteiger charge is -2.03. The van der Waals surface area contributed by atoms with Crippen LogP contribution in [-0.4, -0.2) is 41.1 Å². The van der Waals surface area contributed by atoms with Gasteiger partial charge in [0.05, 0.1) is 14.2 Å². The summed E-state index contributed by atoms with van der Waals surface area (Å²) in [7, 11) is 3.21. The van der Waals surface area contributed by atoms with Gasteiger partial charge in [-0.1, -0.05) is 30.0 Å². The van der Waals surface area contributed by atoms with Gasteiger partial charge in [0, 0.05) is 17.2 Å². The van der Waals surface area contributed by atoms with Crippen LogP contribution < -0.4 is 9.47 Å². The predicted octanol–water partition coefficient (Wildman–Crippen LogP) is 4.04. The molecule has 0 aliphatic carbocycles. The third kappa shape index (κ3) is 4.20. The summed E-state index contributed by atoms with van der Waals surface area (Å²) in [4.78, 5) is 17.1. The number of nitrogens with zero attached hydrogens (tertiary/aromatic N) is 3. The van der Waals surface area contributed by atoms with E-state index in [1.165, 1.54) is 22.5 Å². The summed E-state index contributed by atoms with van der Waals surface area (Å²) in [5, 5.41) is 4.90. The molecule has 0 unspecified atom stereocenters. The standard InChI is InChI=1S/C20H19N3O3S/c1-25-16-11-8-15(9-12-16)19-21-20(27-3)23(22-19)18(24)13-10-14-6-4-5-7-17(14)26-2/h4-13H,1-3H3. The van der Waals surface area contributed by atoms with Gasteiger partial charge in [-0.3, -0.25) is 4.79 Å². The fraction of sp³-hybridized carbons (Fsp3) is 0.150. The largest absolute Gasteiger partial charge is 0.497 e. The zero-order chi connectivity index (χ0) is 19.2. The first kappa shape index (κ1) is 18.7. The second-order valence-electron chi connectivity index (χ2n) is 5.48. The molecular formula is C20H19N3O3S. The van der Waals surface area contributed by atoms with E-state index >= 15 is 0 Å². The van der Waals surface area contributed by atoms with E-state index < -0.39 is 0 Å². The highest BCUT2D eigenvalue weighted by molar-refractivity contribution is 7.98. The molecule has 0 aliphatic heterocycles. The van der Waals surface area contributed by atoms with Crippen LogP contribution in [0.1, 0.15) is 10.4 Å². The molecule has 0 saturated heterocycles. The molecule has 0 fully saturated rings. The summed E-state index contributed by atoms with van der Waals surface area (Å²) in [5.41, 5.74) is 1.63. The Kier molecular flexibility index (Phi) is 5.93. The molecule has 6 nitrogen and oxygen atoms in total. The summed E-state index contributed by atoms with van der Waals surface area (Å²) in [6.07, 6.45) is 5.03. The van der Waals surface area contributed by atoms with Gasteiger partial charge in [0.25, 0.3) is 5.91 Å². The zero-order valence-electron chi connectivity index (χ0n) is 15.2. The second-order valence-corrected chi connectivity index (χ2v) is 6.25. The van der Waals surface area contributed by atoms with Crippen LogP contribution in [0.5, 0.6) is 11.5 Å². The highest BCUT2D eigenvalue weighted by Gasteiger charge is 2.15. The number of allylic oxidation sites excluding steroid dienone is 1. The molecule has 0 aliphatic rings. The number of methoxy groups -OCH3 is 2. The molecule has 3 rings (SSSR count). The summed E-state index contributed by atoms with van der Waals surface area (Å²) in [5.74, 6) is 1.65. The Balaban J connectivity index is 1.88. The van der Waals surface area contributed by atoms with E-state index in [0.717, 1.165) is 16.9 Å². The van der Waals surface area contributed by atoms with Gasteiger partial charge in [-0.05, 0) is 42.7 Å². The average Bonchev–Trinajstić information content (AvgIpc) is 3.17. The fourth-order valence-electron chi connectivity index (χ4n) is 2.47. The van der Waals surface area contributed by atoms with E-state index in [4.69, 9.17) is 9.47 Å². The highest BCUT2D eigenvalue weighted by atomic mass is 32.2. The van der Waals surface area contributed by atoms with Gasteiger partial charge in [0.2, 0.25) is 0 Å². The lowest BCUT2D eigenvalue weighted by atomic mass is 10.2. The molecule has 138 valence electrons. The normalized spacial score (nSPS) is 10.9. The van der Waals surface area contributed by atoms with Crippen LogP contribution in [0.2, 0.25) is 0 Å². The molecule has 27 heavy (non-hydrogen) atoms. The fourth-order valence-corrected chi connectivity index (χ4v) is 2.95. The van der Waals surface area contributed by atoms with Crippen LogP contribution in [-0.2, 0) is 0 Å². The van der Waals surface area contributed by atoms with Crippen LogP contribution in [0, 0.1) is 0 Å². The predicted molar refractivity (Wildman–Crippen MR) is 106 cm³/mol. The zero-order valence-corrected chi connectivity index (χ0v) is 16.1. The summed E-state index contributed by atoms with van der Waals surface area (Å²) >= 11 is 1.36. The Morgan fingerprint density at radius 3 is 2.48 bits per heavy atom. The third-order valence-corrected chi connectivity index (χ3v) is 4.49. The van der Waals surface area contributed by atoms with E-state index in [1.807, 2.05) is 54.8 Å². The van der Waals surface area contributed by atoms with E-state index in [-0.39, 0.29) is 5.91 Å². The first-order valence-corrected chi connectivity index (χ1v) is 9.39. The SMILES string of the molecule is COc1ccc(-c2nc(SC)n(C(=O)C=Cc3ccccc3OC)n2)cc1. The van der Waals surface area contributed by atoms with Crippen LogP contribution in [0.4, 0.5) is 0 Å². The van der Waals surface area contributed by atoms with Gasteiger partial charge in [-0.2, -0.15) is 4.68 Å². The van der Waals surface area contributed by atoms with Gasteiger partial charge in [-0.25, -0.2) is 4.98 Å². The minimum absolute atomic E-state index is 0.280. The van der Waals surface area contributed by atoms with Crippen molar-refractivity contribution in [2.24, 2.45) is 0 Å². The number of aromatic nitrogens is 3. The Labute approximate surface area is 161 Å². The summed E-state index contributed by atoms with van der Waals surface area (Å²) in [6, 6.07) is 14.9. The first-order valence-electron chi connectivity index (χ1n) is 8.17. The quantitative estimate of drug-likeness (QED) is 0.474. The Bertz CT molecular complexity index is 965. The second kappa shape index (κ2) is 8.55. The molecule has 0 atom stereocenters. The van der Waals surface area contributed by atoms with Crippen molar-refractivity contribution in [1.29, 1.82) is 0 Å². The minimum Gasteiger partial charge on any atom is -0.497 e. The number of hydrogen-bond acceptors (Lipinski definition) is 6.